The molecule has 1 aromatic carbocycles. The molecule has 7 nitrogen and oxygen atoms in total. The molecule has 8 heteroatoms. The van der Waals surface area contributed by atoms with Crippen molar-refractivity contribution in [2.75, 3.05) is 18.4 Å². The monoisotopic (exact) mass is 269 g/mol. The van der Waals surface area contributed by atoms with E-state index in [4.69, 9.17) is 5.11 Å². The second-order valence-corrected chi connectivity index (χ2v) is 4.28. The summed E-state index contributed by atoms with van der Waals surface area (Å²) in [5.41, 5.74) is -0.176. The average Bonchev–Trinajstić information content (AvgIpc) is 2.80. The molecule has 0 aromatic heterocycles. The molecular weight excluding hydrogens is 257 g/mol. The minimum absolute atomic E-state index is 0.142. The van der Waals surface area contributed by atoms with Gasteiger partial charge in [-0.3, -0.25) is 10.1 Å². The number of nitro groups is 1. The molecule has 102 valence electrons. The Balaban J connectivity index is 2.04. The highest BCUT2D eigenvalue weighted by molar-refractivity contribution is 5.65. The lowest BCUT2D eigenvalue weighted by Crippen LogP contribution is -2.30. The molecule has 2 N–H and O–H groups in total. The zero-order valence-corrected chi connectivity index (χ0v) is 9.88. The van der Waals surface area contributed by atoms with Crippen LogP contribution < -0.4 is 5.32 Å². The largest absolute Gasteiger partial charge is 0.465 e. The van der Waals surface area contributed by atoms with Crippen molar-refractivity contribution in [3.8, 4) is 0 Å². The van der Waals surface area contributed by atoms with E-state index in [1.165, 1.54) is 17.0 Å². The topological polar surface area (TPSA) is 95.7 Å². The summed E-state index contributed by atoms with van der Waals surface area (Å²) in [6, 6.07) is 3.14. The van der Waals surface area contributed by atoms with Crippen LogP contribution in [0.4, 0.5) is 20.6 Å². The van der Waals surface area contributed by atoms with E-state index in [9.17, 15) is 19.3 Å². The molecule has 2 rings (SSSR count). The highest BCUT2D eigenvalue weighted by atomic mass is 19.1. The number of amides is 1. The molecule has 0 bridgehead atoms. The van der Waals surface area contributed by atoms with Gasteiger partial charge in [-0.2, -0.15) is 0 Å². The van der Waals surface area contributed by atoms with Crippen molar-refractivity contribution >= 4 is 17.5 Å². The van der Waals surface area contributed by atoms with Crippen molar-refractivity contribution < 1.29 is 19.2 Å². The van der Waals surface area contributed by atoms with Crippen LogP contribution in [0.5, 0.6) is 0 Å². The number of nitrogens with one attached hydrogen (secondary N) is 1. The first-order chi connectivity index (χ1) is 8.97. The zero-order valence-electron chi connectivity index (χ0n) is 9.88. The number of benzene rings is 1. The maximum Gasteiger partial charge on any atom is 0.407 e. The summed E-state index contributed by atoms with van der Waals surface area (Å²) < 4.78 is 13.6. The van der Waals surface area contributed by atoms with Gasteiger partial charge in [0.05, 0.1) is 16.7 Å². The molecule has 1 heterocycles. The van der Waals surface area contributed by atoms with Gasteiger partial charge in [-0.05, 0) is 12.5 Å². The van der Waals surface area contributed by atoms with E-state index >= 15 is 0 Å². The predicted octanol–water partition coefficient (Wildman–Crippen LogP) is 1.90. The van der Waals surface area contributed by atoms with Gasteiger partial charge in [0.15, 0.2) is 5.82 Å². The molecule has 1 fully saturated rings. The van der Waals surface area contributed by atoms with E-state index in [0.717, 1.165) is 6.07 Å². The zero-order chi connectivity index (χ0) is 14.0. The van der Waals surface area contributed by atoms with E-state index in [1.807, 2.05) is 0 Å². The first-order valence-electron chi connectivity index (χ1n) is 5.65. The van der Waals surface area contributed by atoms with Crippen molar-refractivity contribution in [1.29, 1.82) is 0 Å². The summed E-state index contributed by atoms with van der Waals surface area (Å²) in [7, 11) is 0. The van der Waals surface area contributed by atoms with Crippen LogP contribution in [-0.2, 0) is 0 Å². The van der Waals surface area contributed by atoms with Gasteiger partial charge in [-0.25, -0.2) is 9.18 Å². The van der Waals surface area contributed by atoms with Crippen molar-refractivity contribution in [3.05, 3.63) is 34.1 Å². The van der Waals surface area contributed by atoms with Gasteiger partial charge in [-0.15, -0.1) is 0 Å². The molecule has 0 radical (unpaired) electrons. The molecule has 1 aliphatic rings. The van der Waals surface area contributed by atoms with E-state index in [1.54, 1.807) is 0 Å². The lowest BCUT2D eigenvalue weighted by molar-refractivity contribution is -0.385. The quantitative estimate of drug-likeness (QED) is 0.645. The van der Waals surface area contributed by atoms with Gasteiger partial charge in [0.25, 0.3) is 5.69 Å². The summed E-state index contributed by atoms with van der Waals surface area (Å²) >= 11 is 0. The summed E-state index contributed by atoms with van der Waals surface area (Å²) in [4.78, 5) is 21.8. The SMILES string of the molecule is O=C(O)N1CC[C@@H](Nc2ccc([N+](=O)[O-])cc2F)C1. The van der Waals surface area contributed by atoms with Crippen molar-refractivity contribution in [3.63, 3.8) is 0 Å². The second-order valence-electron chi connectivity index (χ2n) is 4.28. The Morgan fingerprint density at radius 2 is 2.32 bits per heavy atom. The van der Waals surface area contributed by atoms with Crippen molar-refractivity contribution in [1.82, 2.24) is 4.90 Å². The minimum atomic E-state index is -1.01. The number of non-ortho nitro benzene ring substituents is 1. The Morgan fingerprint density at radius 1 is 1.58 bits per heavy atom. The molecule has 1 aliphatic heterocycles. The fourth-order valence-corrected chi connectivity index (χ4v) is 2.01. The number of anilines is 1. The molecule has 1 aromatic rings. The summed E-state index contributed by atoms with van der Waals surface area (Å²) in [5, 5.41) is 22.1. The number of hydrogen-bond acceptors (Lipinski definition) is 4. The van der Waals surface area contributed by atoms with Crippen molar-refractivity contribution in [2.24, 2.45) is 0 Å². The Morgan fingerprint density at radius 3 is 2.84 bits per heavy atom. The van der Waals surface area contributed by atoms with Gasteiger partial charge >= 0.3 is 6.09 Å². The highest BCUT2D eigenvalue weighted by Gasteiger charge is 2.26. The Hall–Kier alpha value is -2.38. The second kappa shape index (κ2) is 5.09. The maximum atomic E-state index is 13.6. The molecule has 1 amide bonds. The summed E-state index contributed by atoms with van der Waals surface area (Å²) in [6.07, 6.45) is -0.434. The first kappa shape index (κ1) is 13.1. The highest BCUT2D eigenvalue weighted by Crippen LogP contribution is 2.23. The number of halogens is 1. The fraction of sp³-hybridized carbons (Fsp3) is 0.364. The maximum absolute atomic E-state index is 13.6. The number of nitrogens with zero attached hydrogens (tertiary/aromatic N) is 2. The summed E-state index contributed by atoms with van der Waals surface area (Å²) in [5.74, 6) is -0.719. The Labute approximate surface area is 107 Å². The van der Waals surface area contributed by atoms with E-state index < -0.39 is 16.8 Å². The van der Waals surface area contributed by atoms with Crippen LogP contribution in [-0.4, -0.2) is 40.2 Å². The van der Waals surface area contributed by atoms with Crippen LogP contribution in [0.3, 0.4) is 0 Å². The van der Waals surface area contributed by atoms with Crippen LogP contribution in [0.15, 0.2) is 18.2 Å². The lowest BCUT2D eigenvalue weighted by atomic mass is 10.2. The molecule has 0 spiro atoms. The predicted molar refractivity (Wildman–Crippen MR) is 64.7 cm³/mol. The minimum Gasteiger partial charge on any atom is -0.465 e. The van der Waals surface area contributed by atoms with E-state index in [2.05, 4.69) is 5.32 Å². The normalized spacial score (nSPS) is 18.4. The third-order valence-corrected chi connectivity index (χ3v) is 2.98. The van der Waals surface area contributed by atoms with Gasteiger partial charge in [0.2, 0.25) is 0 Å². The van der Waals surface area contributed by atoms with Crippen LogP contribution in [0.2, 0.25) is 0 Å². The summed E-state index contributed by atoms with van der Waals surface area (Å²) in [6.45, 7) is 0.660. The fourth-order valence-electron chi connectivity index (χ4n) is 2.01. The average molecular weight is 269 g/mol. The molecule has 19 heavy (non-hydrogen) atoms. The standard InChI is InChI=1S/C11H12FN3O4/c12-9-5-8(15(18)19)1-2-10(9)13-7-3-4-14(6-7)11(16)17/h1-2,5,7,13H,3-4,6H2,(H,16,17)/t7-/m1/s1. The number of rotatable bonds is 3. The first-order valence-corrected chi connectivity index (χ1v) is 5.65. The van der Waals surface area contributed by atoms with Crippen LogP contribution in [0.25, 0.3) is 0 Å². The van der Waals surface area contributed by atoms with E-state index in [0.29, 0.717) is 13.0 Å². The molecule has 0 unspecified atom stereocenters. The van der Waals surface area contributed by atoms with Crippen LogP contribution in [0, 0.1) is 15.9 Å². The number of likely N-dealkylation sites (tertiary alicyclic amines) is 1. The van der Waals surface area contributed by atoms with Crippen LogP contribution >= 0.6 is 0 Å². The molecule has 0 aliphatic carbocycles. The van der Waals surface area contributed by atoms with Crippen molar-refractivity contribution in [2.45, 2.75) is 12.5 Å². The van der Waals surface area contributed by atoms with Crippen LogP contribution in [0.1, 0.15) is 6.42 Å². The smallest absolute Gasteiger partial charge is 0.407 e. The van der Waals surface area contributed by atoms with Gasteiger partial charge in [0, 0.05) is 25.2 Å². The third-order valence-electron chi connectivity index (χ3n) is 2.98. The molecular formula is C11H12FN3O4. The number of carboxylic acid groups (broad SMARTS) is 1. The third kappa shape index (κ3) is 2.90. The Kier molecular flexibility index (Phi) is 3.50. The molecule has 0 saturated carbocycles. The number of carbonyl (C=O) groups is 1. The molecule has 1 atom stereocenters. The van der Waals surface area contributed by atoms with Gasteiger partial charge in [-0.1, -0.05) is 0 Å². The Bertz CT molecular complexity index is 523. The molecule has 1 saturated heterocycles. The van der Waals surface area contributed by atoms with Gasteiger partial charge < -0.3 is 15.3 Å². The number of hydrogen-bond donors (Lipinski definition) is 2. The van der Waals surface area contributed by atoms with Gasteiger partial charge in [0.1, 0.15) is 0 Å². The lowest BCUT2D eigenvalue weighted by Gasteiger charge is -2.15. The number of nitro benzene ring substituents is 1. The van der Waals surface area contributed by atoms with E-state index in [-0.39, 0.29) is 24.0 Å².